The van der Waals surface area contributed by atoms with Gasteiger partial charge in [0.1, 0.15) is 5.82 Å². The SMILES string of the molecule is N#CCCN(C(=O)CCC(=O)N(Cc1c(F)cccc1Cl)C1CC1)c1ccccc1. The number of hydrogen-bond donors (Lipinski definition) is 0. The molecule has 0 saturated heterocycles. The van der Waals surface area contributed by atoms with E-state index in [2.05, 4.69) is 0 Å². The maximum absolute atomic E-state index is 14.2. The van der Waals surface area contributed by atoms with Crippen LogP contribution in [0.15, 0.2) is 48.5 Å². The first-order chi connectivity index (χ1) is 14.5. The second-order valence-corrected chi connectivity index (χ2v) is 7.65. The van der Waals surface area contributed by atoms with E-state index in [4.69, 9.17) is 16.9 Å². The molecule has 0 heterocycles. The van der Waals surface area contributed by atoms with E-state index in [1.807, 2.05) is 24.3 Å². The zero-order valence-electron chi connectivity index (χ0n) is 16.6. The summed E-state index contributed by atoms with van der Waals surface area (Å²) < 4.78 is 14.2. The molecule has 0 bridgehead atoms. The lowest BCUT2D eigenvalue weighted by molar-refractivity contribution is -0.134. The molecule has 1 saturated carbocycles. The maximum Gasteiger partial charge on any atom is 0.227 e. The molecule has 0 unspecified atom stereocenters. The number of carbonyl (C=O) groups is 2. The fraction of sp³-hybridized carbons (Fsp3) is 0.348. The molecular formula is C23H23ClFN3O2. The number of carbonyl (C=O) groups excluding carboxylic acids is 2. The van der Waals surface area contributed by atoms with E-state index in [0.29, 0.717) is 11.3 Å². The number of rotatable bonds is 9. The zero-order chi connectivity index (χ0) is 21.5. The van der Waals surface area contributed by atoms with Crippen LogP contribution >= 0.6 is 11.6 Å². The minimum absolute atomic E-state index is 0.0212. The van der Waals surface area contributed by atoms with Gasteiger partial charge in [0, 0.05) is 41.7 Å². The highest BCUT2D eigenvalue weighted by molar-refractivity contribution is 6.31. The molecule has 2 aromatic carbocycles. The molecule has 7 heteroatoms. The van der Waals surface area contributed by atoms with Gasteiger partial charge in [0.05, 0.1) is 19.0 Å². The van der Waals surface area contributed by atoms with Crippen molar-refractivity contribution in [1.29, 1.82) is 5.26 Å². The summed E-state index contributed by atoms with van der Waals surface area (Å²) in [6.07, 6.45) is 1.98. The molecule has 2 aromatic rings. The molecule has 0 atom stereocenters. The maximum atomic E-state index is 14.2. The van der Waals surface area contributed by atoms with Gasteiger partial charge < -0.3 is 9.80 Å². The van der Waals surface area contributed by atoms with E-state index >= 15 is 0 Å². The predicted octanol–water partition coefficient (Wildman–Crippen LogP) is 4.70. The summed E-state index contributed by atoms with van der Waals surface area (Å²) in [6.45, 7) is 0.366. The van der Waals surface area contributed by atoms with E-state index in [1.54, 1.807) is 23.1 Å². The monoisotopic (exact) mass is 427 g/mol. The van der Waals surface area contributed by atoms with Crippen molar-refractivity contribution < 1.29 is 14.0 Å². The molecule has 0 N–H and O–H groups in total. The number of amides is 2. The van der Waals surface area contributed by atoms with Crippen molar-refractivity contribution in [3.05, 3.63) is 64.9 Å². The number of benzene rings is 2. The van der Waals surface area contributed by atoms with Crippen LogP contribution < -0.4 is 4.90 Å². The molecule has 30 heavy (non-hydrogen) atoms. The highest BCUT2D eigenvalue weighted by atomic mass is 35.5. The lowest BCUT2D eigenvalue weighted by Crippen LogP contribution is -2.36. The highest BCUT2D eigenvalue weighted by Crippen LogP contribution is 2.31. The van der Waals surface area contributed by atoms with Crippen LogP contribution in [0.4, 0.5) is 10.1 Å². The van der Waals surface area contributed by atoms with Crippen LogP contribution in [0.5, 0.6) is 0 Å². The Morgan fingerprint density at radius 2 is 1.77 bits per heavy atom. The molecule has 0 aromatic heterocycles. The van der Waals surface area contributed by atoms with Gasteiger partial charge in [-0.15, -0.1) is 0 Å². The van der Waals surface area contributed by atoms with Gasteiger partial charge in [-0.25, -0.2) is 4.39 Å². The third-order valence-electron chi connectivity index (χ3n) is 5.07. The molecule has 1 aliphatic carbocycles. The second-order valence-electron chi connectivity index (χ2n) is 7.24. The molecule has 156 valence electrons. The Balaban J connectivity index is 1.66. The van der Waals surface area contributed by atoms with Crippen molar-refractivity contribution >= 4 is 29.1 Å². The van der Waals surface area contributed by atoms with Crippen molar-refractivity contribution in [3.63, 3.8) is 0 Å². The quantitative estimate of drug-likeness (QED) is 0.582. The van der Waals surface area contributed by atoms with E-state index in [9.17, 15) is 14.0 Å². The topological polar surface area (TPSA) is 64.4 Å². The minimum atomic E-state index is -0.441. The van der Waals surface area contributed by atoms with E-state index < -0.39 is 5.82 Å². The number of para-hydroxylation sites is 1. The van der Waals surface area contributed by atoms with Gasteiger partial charge in [0.25, 0.3) is 0 Å². The zero-order valence-corrected chi connectivity index (χ0v) is 17.3. The number of anilines is 1. The number of hydrogen-bond acceptors (Lipinski definition) is 3. The number of nitriles is 1. The van der Waals surface area contributed by atoms with Gasteiger partial charge in [-0.3, -0.25) is 9.59 Å². The van der Waals surface area contributed by atoms with Crippen molar-refractivity contribution in [2.45, 2.75) is 44.7 Å². The Hall–Kier alpha value is -2.91. The molecular weight excluding hydrogens is 405 g/mol. The van der Waals surface area contributed by atoms with Gasteiger partial charge in [0.2, 0.25) is 11.8 Å². The second kappa shape index (κ2) is 10.2. The predicted molar refractivity (Wildman–Crippen MR) is 113 cm³/mol. The average Bonchev–Trinajstić information content (AvgIpc) is 3.58. The molecule has 1 fully saturated rings. The standard InChI is InChI=1S/C23H23ClFN3O2/c24-20-8-4-9-21(25)19(20)16-28(18-10-11-18)23(30)13-12-22(29)27(15-5-14-26)17-6-2-1-3-7-17/h1-4,6-9,18H,5,10-13,15-16H2. The molecule has 3 rings (SSSR count). The summed E-state index contributed by atoms with van der Waals surface area (Å²) in [5, 5.41) is 9.19. The normalized spacial score (nSPS) is 12.8. The van der Waals surface area contributed by atoms with Gasteiger partial charge in [0.15, 0.2) is 0 Å². The largest absolute Gasteiger partial charge is 0.335 e. The minimum Gasteiger partial charge on any atom is -0.335 e. The molecule has 1 aliphatic rings. The van der Waals surface area contributed by atoms with Crippen LogP contribution in [-0.2, 0) is 16.1 Å². The van der Waals surface area contributed by atoms with Gasteiger partial charge in [-0.1, -0.05) is 35.9 Å². The average molecular weight is 428 g/mol. The third kappa shape index (κ3) is 5.58. The molecule has 0 spiro atoms. The summed E-state index contributed by atoms with van der Waals surface area (Å²) in [6, 6.07) is 15.7. The van der Waals surface area contributed by atoms with Crippen molar-refractivity contribution in [2.75, 3.05) is 11.4 Å². The third-order valence-corrected chi connectivity index (χ3v) is 5.42. The summed E-state index contributed by atoms with van der Waals surface area (Å²) in [5.74, 6) is -0.855. The lowest BCUT2D eigenvalue weighted by atomic mass is 10.1. The first-order valence-electron chi connectivity index (χ1n) is 9.96. The molecule has 0 radical (unpaired) electrons. The fourth-order valence-electron chi connectivity index (χ4n) is 3.32. The van der Waals surface area contributed by atoms with Crippen molar-refractivity contribution in [1.82, 2.24) is 4.90 Å². The Morgan fingerprint density at radius 1 is 1.07 bits per heavy atom. The first kappa shape index (κ1) is 21.8. The molecule has 0 aliphatic heterocycles. The van der Waals surface area contributed by atoms with Crippen molar-refractivity contribution in [3.8, 4) is 6.07 Å². The fourth-order valence-corrected chi connectivity index (χ4v) is 3.54. The Morgan fingerprint density at radius 3 is 2.40 bits per heavy atom. The van der Waals surface area contributed by atoms with Crippen molar-refractivity contribution in [2.24, 2.45) is 0 Å². The Labute approximate surface area is 180 Å². The highest BCUT2D eigenvalue weighted by Gasteiger charge is 2.33. The summed E-state index contributed by atoms with van der Waals surface area (Å²) in [4.78, 5) is 28.8. The first-order valence-corrected chi connectivity index (χ1v) is 10.3. The van der Waals surface area contributed by atoms with Crippen LogP contribution in [0.25, 0.3) is 0 Å². The van der Waals surface area contributed by atoms with Gasteiger partial charge >= 0.3 is 0 Å². The summed E-state index contributed by atoms with van der Waals surface area (Å²) in [7, 11) is 0. The summed E-state index contributed by atoms with van der Waals surface area (Å²) in [5.41, 5.74) is 0.994. The van der Waals surface area contributed by atoms with E-state index in [0.717, 1.165) is 12.8 Å². The van der Waals surface area contributed by atoms with Crippen LogP contribution in [0.3, 0.4) is 0 Å². The van der Waals surface area contributed by atoms with E-state index in [1.165, 1.54) is 17.0 Å². The van der Waals surface area contributed by atoms with Crippen LogP contribution in [0, 0.1) is 17.1 Å². The molecule has 5 nitrogen and oxygen atoms in total. The van der Waals surface area contributed by atoms with Crippen LogP contribution in [-0.4, -0.2) is 29.3 Å². The van der Waals surface area contributed by atoms with Crippen LogP contribution in [0.2, 0.25) is 5.02 Å². The van der Waals surface area contributed by atoms with Crippen LogP contribution in [0.1, 0.15) is 37.7 Å². The summed E-state index contributed by atoms with van der Waals surface area (Å²) >= 11 is 6.12. The van der Waals surface area contributed by atoms with Gasteiger partial charge in [-0.05, 0) is 37.1 Å². The Bertz CT molecular complexity index is 921. The van der Waals surface area contributed by atoms with E-state index in [-0.39, 0.29) is 55.2 Å². The lowest BCUT2D eigenvalue weighted by Gasteiger charge is -2.25. The Kier molecular flexibility index (Phi) is 7.42. The number of nitrogens with zero attached hydrogens (tertiary/aromatic N) is 3. The number of halogens is 2. The van der Waals surface area contributed by atoms with Gasteiger partial charge in [-0.2, -0.15) is 5.26 Å². The molecule has 2 amide bonds. The smallest absolute Gasteiger partial charge is 0.227 e.